The number of hydrogen-bond acceptors (Lipinski definition) is 7. The van der Waals surface area contributed by atoms with Gasteiger partial charge in [0, 0.05) is 26.2 Å². The van der Waals surface area contributed by atoms with Crippen LogP contribution in [0.5, 0.6) is 5.75 Å². The summed E-state index contributed by atoms with van der Waals surface area (Å²) >= 11 is 0. The fourth-order valence-corrected chi connectivity index (χ4v) is 7.18. The number of sulfonamides is 2. The SMILES string of the molecule is COc1ccc(S(=O)(=O)N(CC(=O)NCc2ccc(S(=O)(=O)N3CCOCC3)cc2)Cc2ccccc2)cc1C. The Bertz CT molecular complexity index is 1520. The van der Waals surface area contributed by atoms with Crippen molar-refractivity contribution in [3.63, 3.8) is 0 Å². The van der Waals surface area contributed by atoms with Crippen molar-refractivity contribution < 1.29 is 31.1 Å². The lowest BCUT2D eigenvalue weighted by atomic mass is 10.2. The highest BCUT2D eigenvalue weighted by Gasteiger charge is 2.28. The van der Waals surface area contributed by atoms with Crippen LogP contribution in [0.15, 0.2) is 82.6 Å². The molecule has 12 heteroatoms. The molecule has 0 aliphatic carbocycles. The molecule has 3 aromatic rings. The quantitative estimate of drug-likeness (QED) is 0.366. The molecule has 214 valence electrons. The molecule has 40 heavy (non-hydrogen) atoms. The monoisotopic (exact) mass is 587 g/mol. The van der Waals surface area contributed by atoms with Gasteiger partial charge in [-0.2, -0.15) is 8.61 Å². The number of rotatable bonds is 11. The lowest BCUT2D eigenvalue weighted by Crippen LogP contribution is -2.40. The van der Waals surface area contributed by atoms with Crippen LogP contribution in [0, 0.1) is 6.92 Å². The van der Waals surface area contributed by atoms with Gasteiger partial charge in [0.05, 0.1) is 36.7 Å². The predicted molar refractivity (Wildman–Crippen MR) is 150 cm³/mol. The number of nitrogens with zero attached hydrogens (tertiary/aromatic N) is 2. The Morgan fingerprint density at radius 3 is 2.20 bits per heavy atom. The number of benzene rings is 3. The van der Waals surface area contributed by atoms with Crippen LogP contribution in [-0.4, -0.2) is 71.3 Å². The van der Waals surface area contributed by atoms with E-state index in [1.165, 1.54) is 35.7 Å². The Morgan fingerprint density at radius 1 is 0.925 bits per heavy atom. The van der Waals surface area contributed by atoms with Gasteiger partial charge in [-0.15, -0.1) is 0 Å². The molecule has 0 unspecified atom stereocenters. The number of amides is 1. The summed E-state index contributed by atoms with van der Waals surface area (Å²) in [4.78, 5) is 13.2. The summed E-state index contributed by atoms with van der Waals surface area (Å²) in [7, 11) is -6.13. The van der Waals surface area contributed by atoms with E-state index in [0.29, 0.717) is 43.2 Å². The third-order valence-electron chi connectivity index (χ3n) is 6.55. The van der Waals surface area contributed by atoms with Crippen LogP contribution in [0.25, 0.3) is 0 Å². The van der Waals surface area contributed by atoms with Gasteiger partial charge in [0.25, 0.3) is 0 Å². The first-order chi connectivity index (χ1) is 19.1. The van der Waals surface area contributed by atoms with Gasteiger partial charge < -0.3 is 14.8 Å². The molecular formula is C28H33N3O7S2. The summed E-state index contributed by atoms with van der Waals surface area (Å²) in [6, 6.07) is 19.9. The highest BCUT2D eigenvalue weighted by Crippen LogP contribution is 2.25. The van der Waals surface area contributed by atoms with E-state index in [4.69, 9.17) is 9.47 Å². The molecule has 0 bridgehead atoms. The van der Waals surface area contributed by atoms with Crippen LogP contribution in [-0.2, 0) is 42.7 Å². The Kier molecular flexibility index (Phi) is 9.59. The van der Waals surface area contributed by atoms with Crippen molar-refractivity contribution in [1.29, 1.82) is 0 Å². The maximum absolute atomic E-state index is 13.6. The maximum Gasteiger partial charge on any atom is 0.243 e. The summed E-state index contributed by atoms with van der Waals surface area (Å²) in [6.45, 7) is 2.80. The minimum Gasteiger partial charge on any atom is -0.496 e. The van der Waals surface area contributed by atoms with Crippen LogP contribution >= 0.6 is 0 Å². The molecule has 4 rings (SSSR count). The van der Waals surface area contributed by atoms with Gasteiger partial charge in [0.1, 0.15) is 5.75 Å². The topological polar surface area (TPSA) is 122 Å². The fraction of sp³-hybridized carbons (Fsp3) is 0.321. The molecular weight excluding hydrogens is 554 g/mol. The first kappa shape index (κ1) is 29.7. The van der Waals surface area contributed by atoms with Gasteiger partial charge in [-0.3, -0.25) is 4.79 Å². The second kappa shape index (κ2) is 12.9. The number of carbonyl (C=O) groups excluding carboxylic acids is 1. The first-order valence-electron chi connectivity index (χ1n) is 12.7. The Morgan fingerprint density at radius 2 is 1.57 bits per heavy atom. The molecule has 0 aromatic heterocycles. The lowest BCUT2D eigenvalue weighted by Gasteiger charge is -2.26. The number of nitrogens with one attached hydrogen (secondary N) is 1. The maximum atomic E-state index is 13.6. The molecule has 1 N–H and O–H groups in total. The van der Waals surface area contributed by atoms with Crippen molar-refractivity contribution in [2.45, 2.75) is 29.8 Å². The number of methoxy groups -OCH3 is 1. The molecule has 0 radical (unpaired) electrons. The predicted octanol–water partition coefficient (Wildman–Crippen LogP) is 2.53. The van der Waals surface area contributed by atoms with E-state index in [1.807, 2.05) is 6.07 Å². The van der Waals surface area contributed by atoms with Crippen LogP contribution < -0.4 is 10.1 Å². The Balaban J connectivity index is 1.46. The van der Waals surface area contributed by atoms with Crippen LogP contribution in [0.1, 0.15) is 16.7 Å². The molecule has 1 heterocycles. The second-order valence-electron chi connectivity index (χ2n) is 9.33. The molecule has 0 saturated carbocycles. The molecule has 1 aliphatic rings. The Labute approximate surface area is 235 Å². The summed E-state index contributed by atoms with van der Waals surface area (Å²) < 4.78 is 65.9. The number of morpholine rings is 1. The highest BCUT2D eigenvalue weighted by atomic mass is 32.2. The van der Waals surface area contributed by atoms with Gasteiger partial charge in [0.15, 0.2) is 0 Å². The third kappa shape index (κ3) is 7.07. The van der Waals surface area contributed by atoms with Crippen molar-refractivity contribution in [3.05, 3.63) is 89.5 Å². The molecule has 10 nitrogen and oxygen atoms in total. The summed E-state index contributed by atoms with van der Waals surface area (Å²) in [5, 5.41) is 2.75. The van der Waals surface area contributed by atoms with Crippen molar-refractivity contribution >= 4 is 26.0 Å². The van der Waals surface area contributed by atoms with E-state index in [9.17, 15) is 21.6 Å². The lowest BCUT2D eigenvalue weighted by molar-refractivity contribution is -0.121. The van der Waals surface area contributed by atoms with Gasteiger partial charge >= 0.3 is 0 Å². The Hall–Kier alpha value is -3.29. The standard InChI is InChI=1S/C28H33N3O7S2/c1-22-18-26(12-13-27(22)37-2)40(35,36)31(20-24-6-4-3-5-7-24)21-28(32)29-19-23-8-10-25(11-9-23)39(33,34)30-14-16-38-17-15-30/h3-13,18H,14-17,19-21H2,1-2H3,(H,29,32). The zero-order chi connectivity index (χ0) is 28.8. The molecule has 3 aromatic carbocycles. The van der Waals surface area contributed by atoms with Crippen molar-refractivity contribution in [2.75, 3.05) is 40.0 Å². The average Bonchev–Trinajstić information content (AvgIpc) is 2.97. The van der Waals surface area contributed by atoms with Crippen molar-refractivity contribution in [2.24, 2.45) is 0 Å². The largest absolute Gasteiger partial charge is 0.496 e. The van der Waals surface area contributed by atoms with Crippen LogP contribution in [0.3, 0.4) is 0 Å². The molecule has 0 atom stereocenters. The molecule has 1 aliphatic heterocycles. The van der Waals surface area contributed by atoms with Gasteiger partial charge in [-0.05, 0) is 53.9 Å². The number of ether oxygens (including phenoxy) is 2. The number of hydrogen-bond donors (Lipinski definition) is 1. The molecule has 1 amide bonds. The minimum atomic E-state index is -4.02. The van der Waals surface area contributed by atoms with Gasteiger partial charge in [0.2, 0.25) is 26.0 Å². The number of carbonyl (C=O) groups is 1. The molecule has 1 saturated heterocycles. The normalized spacial score (nSPS) is 14.7. The average molecular weight is 588 g/mol. The van der Waals surface area contributed by atoms with E-state index in [0.717, 1.165) is 9.87 Å². The van der Waals surface area contributed by atoms with E-state index in [2.05, 4.69) is 5.32 Å². The van der Waals surface area contributed by atoms with E-state index < -0.39 is 32.5 Å². The van der Waals surface area contributed by atoms with Crippen LogP contribution in [0.4, 0.5) is 0 Å². The van der Waals surface area contributed by atoms with Crippen LogP contribution in [0.2, 0.25) is 0 Å². The van der Waals surface area contributed by atoms with Crippen molar-refractivity contribution in [3.8, 4) is 5.75 Å². The van der Waals surface area contributed by atoms with E-state index >= 15 is 0 Å². The van der Waals surface area contributed by atoms with Gasteiger partial charge in [-0.1, -0.05) is 42.5 Å². The second-order valence-corrected chi connectivity index (χ2v) is 13.2. The van der Waals surface area contributed by atoms with E-state index in [-0.39, 0.29) is 22.9 Å². The van der Waals surface area contributed by atoms with E-state index in [1.54, 1.807) is 49.4 Å². The molecule has 1 fully saturated rings. The number of aryl methyl sites for hydroxylation is 1. The molecule has 0 spiro atoms. The zero-order valence-electron chi connectivity index (χ0n) is 22.4. The highest BCUT2D eigenvalue weighted by molar-refractivity contribution is 7.89. The fourth-order valence-electron chi connectivity index (χ4n) is 4.31. The van der Waals surface area contributed by atoms with Crippen molar-refractivity contribution in [1.82, 2.24) is 13.9 Å². The smallest absolute Gasteiger partial charge is 0.243 e. The van der Waals surface area contributed by atoms with Gasteiger partial charge in [-0.25, -0.2) is 16.8 Å². The third-order valence-corrected chi connectivity index (χ3v) is 10.2. The first-order valence-corrected chi connectivity index (χ1v) is 15.6. The summed E-state index contributed by atoms with van der Waals surface area (Å²) in [5.41, 5.74) is 2.07. The summed E-state index contributed by atoms with van der Waals surface area (Å²) in [5.74, 6) is 0.0739. The zero-order valence-corrected chi connectivity index (χ0v) is 24.1. The summed E-state index contributed by atoms with van der Waals surface area (Å²) in [6.07, 6.45) is 0. The minimum absolute atomic E-state index is 0.00969.